The summed E-state index contributed by atoms with van der Waals surface area (Å²) in [4.78, 5) is 10.8. The lowest BCUT2D eigenvalue weighted by molar-refractivity contribution is 0.0692. The molecular formula is C10H7F2N3O4S. The maximum atomic E-state index is 13.4. The molecule has 7 nitrogen and oxygen atoms in total. The van der Waals surface area contributed by atoms with E-state index < -0.39 is 43.9 Å². The molecule has 2 rings (SSSR count). The predicted molar refractivity (Wildman–Crippen MR) is 62.7 cm³/mol. The number of aromatic nitrogens is 2. The second-order valence-corrected chi connectivity index (χ2v) is 5.24. The molecule has 0 aliphatic carbocycles. The Morgan fingerprint density at radius 1 is 1.35 bits per heavy atom. The summed E-state index contributed by atoms with van der Waals surface area (Å²) in [6, 6.07) is 2.90. The van der Waals surface area contributed by atoms with Crippen LogP contribution in [-0.2, 0) is 10.0 Å². The van der Waals surface area contributed by atoms with Gasteiger partial charge >= 0.3 is 5.97 Å². The maximum absolute atomic E-state index is 13.4. The third-order valence-electron chi connectivity index (χ3n) is 2.30. The van der Waals surface area contributed by atoms with Gasteiger partial charge in [0.25, 0.3) is 10.0 Å². The van der Waals surface area contributed by atoms with Crippen molar-refractivity contribution in [3.05, 3.63) is 41.6 Å². The topological polar surface area (TPSA) is 112 Å². The van der Waals surface area contributed by atoms with Crippen molar-refractivity contribution in [1.29, 1.82) is 0 Å². The molecule has 0 spiro atoms. The normalized spacial score (nSPS) is 11.3. The molecule has 0 saturated carbocycles. The first-order valence-electron chi connectivity index (χ1n) is 5.06. The quantitative estimate of drug-likeness (QED) is 0.785. The molecule has 20 heavy (non-hydrogen) atoms. The number of carboxylic acid groups (broad SMARTS) is 1. The Hall–Kier alpha value is -2.49. The van der Waals surface area contributed by atoms with Crippen LogP contribution in [0.3, 0.4) is 0 Å². The van der Waals surface area contributed by atoms with Gasteiger partial charge in [0.15, 0.2) is 16.7 Å². The van der Waals surface area contributed by atoms with Crippen molar-refractivity contribution in [3.8, 4) is 0 Å². The highest BCUT2D eigenvalue weighted by atomic mass is 32.2. The fourth-order valence-electron chi connectivity index (χ4n) is 1.41. The number of hydrogen-bond donors (Lipinski definition) is 3. The summed E-state index contributed by atoms with van der Waals surface area (Å²) in [5.41, 5.74) is -1.26. The first-order chi connectivity index (χ1) is 9.33. The first kappa shape index (κ1) is 13.9. The molecule has 0 amide bonds. The number of anilines is 1. The van der Waals surface area contributed by atoms with Gasteiger partial charge in [-0.25, -0.2) is 13.6 Å². The molecular weight excluding hydrogens is 296 g/mol. The standard InChI is InChI=1S/C10H7F2N3O4S/c11-6-2-1-3-7(8(6)12)15-20(18,19)9-5(10(16)17)4-13-14-9/h1-4,15H,(H,13,14)(H,16,17). The van der Waals surface area contributed by atoms with Gasteiger partial charge in [0, 0.05) is 0 Å². The monoisotopic (exact) mass is 303 g/mol. The van der Waals surface area contributed by atoms with E-state index in [1.54, 1.807) is 4.72 Å². The second kappa shape index (κ2) is 4.89. The molecule has 2 aromatic rings. The largest absolute Gasteiger partial charge is 0.478 e. The van der Waals surface area contributed by atoms with Gasteiger partial charge in [-0.15, -0.1) is 0 Å². The van der Waals surface area contributed by atoms with E-state index in [9.17, 15) is 22.0 Å². The highest BCUT2D eigenvalue weighted by Crippen LogP contribution is 2.21. The molecule has 1 aromatic carbocycles. The van der Waals surface area contributed by atoms with E-state index in [4.69, 9.17) is 5.11 Å². The highest BCUT2D eigenvalue weighted by molar-refractivity contribution is 7.92. The van der Waals surface area contributed by atoms with Crippen molar-refractivity contribution in [2.75, 3.05) is 4.72 Å². The van der Waals surface area contributed by atoms with Crippen LogP contribution in [0, 0.1) is 11.6 Å². The van der Waals surface area contributed by atoms with Crippen LogP contribution in [-0.4, -0.2) is 29.7 Å². The van der Waals surface area contributed by atoms with Crippen molar-refractivity contribution in [3.63, 3.8) is 0 Å². The first-order valence-corrected chi connectivity index (χ1v) is 6.54. The molecule has 0 aliphatic heterocycles. The van der Waals surface area contributed by atoms with Crippen LogP contribution in [0.5, 0.6) is 0 Å². The molecule has 1 heterocycles. The lowest BCUT2D eigenvalue weighted by Crippen LogP contribution is -2.17. The molecule has 3 N–H and O–H groups in total. The molecule has 0 saturated heterocycles. The fraction of sp³-hybridized carbons (Fsp3) is 0. The molecule has 106 valence electrons. The molecule has 0 radical (unpaired) electrons. The van der Waals surface area contributed by atoms with Gasteiger partial charge in [-0.1, -0.05) is 6.07 Å². The number of sulfonamides is 1. The molecule has 0 atom stereocenters. The van der Waals surface area contributed by atoms with E-state index in [0.717, 1.165) is 24.4 Å². The number of carboxylic acids is 1. The van der Waals surface area contributed by atoms with Crippen molar-refractivity contribution < 1.29 is 27.1 Å². The zero-order chi connectivity index (χ0) is 14.9. The van der Waals surface area contributed by atoms with Crippen molar-refractivity contribution in [2.45, 2.75) is 5.03 Å². The van der Waals surface area contributed by atoms with Gasteiger partial charge in [-0.3, -0.25) is 9.82 Å². The summed E-state index contributed by atoms with van der Waals surface area (Å²) < 4.78 is 51.9. The van der Waals surface area contributed by atoms with Crippen LogP contribution in [0.25, 0.3) is 0 Å². The smallest absolute Gasteiger partial charge is 0.340 e. The van der Waals surface area contributed by atoms with Gasteiger partial charge in [-0.05, 0) is 12.1 Å². The Bertz CT molecular complexity index is 773. The lowest BCUT2D eigenvalue weighted by atomic mass is 10.3. The number of hydrogen-bond acceptors (Lipinski definition) is 4. The summed E-state index contributed by atoms with van der Waals surface area (Å²) in [6.07, 6.45) is 0.791. The zero-order valence-corrected chi connectivity index (χ0v) is 10.4. The highest BCUT2D eigenvalue weighted by Gasteiger charge is 2.26. The Morgan fingerprint density at radius 2 is 2.05 bits per heavy atom. The zero-order valence-electron chi connectivity index (χ0n) is 9.59. The van der Waals surface area contributed by atoms with Crippen molar-refractivity contribution in [1.82, 2.24) is 10.2 Å². The van der Waals surface area contributed by atoms with Gasteiger partial charge in [-0.2, -0.15) is 13.5 Å². The molecule has 10 heteroatoms. The minimum atomic E-state index is -4.44. The van der Waals surface area contributed by atoms with E-state index in [-0.39, 0.29) is 0 Å². The number of nitrogens with one attached hydrogen (secondary N) is 2. The molecule has 0 aliphatic rings. The summed E-state index contributed by atoms with van der Waals surface area (Å²) in [7, 11) is -4.44. The van der Waals surface area contributed by atoms with Crippen LogP contribution < -0.4 is 4.72 Å². The summed E-state index contributed by atoms with van der Waals surface area (Å²) in [5, 5.41) is 13.3. The van der Waals surface area contributed by atoms with E-state index in [1.807, 2.05) is 5.10 Å². The summed E-state index contributed by atoms with van der Waals surface area (Å²) in [6.45, 7) is 0. The van der Waals surface area contributed by atoms with Gasteiger partial charge in [0.1, 0.15) is 5.56 Å². The fourth-order valence-corrected chi connectivity index (χ4v) is 2.56. The average Bonchev–Trinajstić information content (AvgIpc) is 2.85. The SMILES string of the molecule is O=C(O)c1cn[nH]c1S(=O)(=O)Nc1cccc(F)c1F. The number of benzene rings is 1. The minimum Gasteiger partial charge on any atom is -0.478 e. The van der Waals surface area contributed by atoms with Gasteiger partial charge in [0.2, 0.25) is 0 Å². The lowest BCUT2D eigenvalue weighted by Gasteiger charge is -2.08. The van der Waals surface area contributed by atoms with Crippen molar-refractivity contribution in [2.24, 2.45) is 0 Å². The maximum Gasteiger partial charge on any atom is 0.340 e. The Balaban J connectivity index is 2.44. The molecule has 0 fully saturated rings. The number of halogens is 2. The molecule has 0 bridgehead atoms. The number of carbonyl (C=O) groups is 1. The predicted octanol–water partition coefficient (Wildman–Crippen LogP) is 1.19. The number of aromatic amines is 1. The number of nitrogens with zero attached hydrogens (tertiary/aromatic N) is 1. The van der Waals surface area contributed by atoms with Crippen LogP contribution in [0.4, 0.5) is 14.5 Å². The van der Waals surface area contributed by atoms with Gasteiger partial charge < -0.3 is 5.11 Å². The molecule has 1 aromatic heterocycles. The van der Waals surface area contributed by atoms with Crippen molar-refractivity contribution >= 4 is 21.7 Å². The van der Waals surface area contributed by atoms with Crippen LogP contribution in [0.2, 0.25) is 0 Å². The Kier molecular flexibility index (Phi) is 3.40. The van der Waals surface area contributed by atoms with E-state index >= 15 is 0 Å². The number of aromatic carboxylic acids is 1. The Morgan fingerprint density at radius 3 is 2.70 bits per heavy atom. The third kappa shape index (κ3) is 2.45. The van der Waals surface area contributed by atoms with Gasteiger partial charge in [0.05, 0.1) is 11.9 Å². The van der Waals surface area contributed by atoms with Crippen LogP contribution in [0.15, 0.2) is 29.4 Å². The average molecular weight is 303 g/mol. The van der Waals surface area contributed by atoms with Crippen LogP contribution in [0.1, 0.15) is 10.4 Å². The molecule has 0 unspecified atom stereocenters. The third-order valence-corrected chi connectivity index (χ3v) is 3.64. The second-order valence-electron chi connectivity index (χ2n) is 3.62. The van der Waals surface area contributed by atoms with E-state index in [1.165, 1.54) is 0 Å². The number of rotatable bonds is 4. The summed E-state index contributed by atoms with van der Waals surface area (Å²) in [5.74, 6) is -4.17. The minimum absolute atomic E-state index is 0.616. The van der Waals surface area contributed by atoms with E-state index in [2.05, 4.69) is 5.10 Å². The summed E-state index contributed by atoms with van der Waals surface area (Å²) >= 11 is 0. The number of H-pyrrole nitrogens is 1. The van der Waals surface area contributed by atoms with Crippen LogP contribution >= 0.6 is 0 Å². The van der Waals surface area contributed by atoms with E-state index in [0.29, 0.717) is 0 Å². The Labute approximate surface area is 111 Å².